The zero-order valence-electron chi connectivity index (χ0n) is 14.8. The summed E-state index contributed by atoms with van der Waals surface area (Å²) in [5.41, 5.74) is 0.944. The van der Waals surface area contributed by atoms with E-state index in [9.17, 15) is 13.6 Å². The van der Waals surface area contributed by atoms with Gasteiger partial charge in [0.2, 0.25) is 5.88 Å². The maximum Gasteiger partial charge on any atom is 0.256 e. The van der Waals surface area contributed by atoms with Crippen LogP contribution in [-0.2, 0) is 0 Å². The topological polar surface area (TPSA) is 93.4 Å². The lowest BCUT2D eigenvalue weighted by atomic mass is 9.89. The number of pyridine rings is 1. The van der Waals surface area contributed by atoms with Crippen molar-refractivity contribution in [2.45, 2.75) is 38.0 Å². The van der Waals surface area contributed by atoms with Gasteiger partial charge in [0.1, 0.15) is 17.5 Å². The minimum absolute atomic E-state index is 0.0604. The Labute approximate surface area is 157 Å². The number of hydrogen-bond acceptors (Lipinski definition) is 6. The van der Waals surface area contributed by atoms with E-state index < -0.39 is 17.7 Å². The molecule has 2 aliphatic heterocycles. The standard InChI is InChI=1S/C18H16F2N6O2/c1-8-12-2-9(19)5-21-18(12)28-11-3-10(4-11)24-17(27)13-6-22-26-7-14(20)15(23-8)25-16(13)26/h2,5-8,10-11H,3-4H2,1H3,(H,23,25)(H,24,27). The Morgan fingerprint density at radius 1 is 1.25 bits per heavy atom. The Bertz CT molecular complexity index is 1100. The summed E-state index contributed by atoms with van der Waals surface area (Å²) in [6.45, 7) is 1.73. The molecule has 8 nitrogen and oxygen atoms in total. The van der Waals surface area contributed by atoms with Gasteiger partial charge in [0.25, 0.3) is 5.91 Å². The van der Waals surface area contributed by atoms with Gasteiger partial charge in [-0.05, 0) is 13.0 Å². The summed E-state index contributed by atoms with van der Waals surface area (Å²) >= 11 is 0. The monoisotopic (exact) mass is 386 g/mol. The number of rotatable bonds is 0. The molecule has 0 spiro atoms. The van der Waals surface area contributed by atoms with Crippen molar-refractivity contribution < 1.29 is 18.3 Å². The highest BCUT2D eigenvalue weighted by Crippen LogP contribution is 2.32. The average Bonchev–Trinajstić information content (AvgIpc) is 3.03. The number of nitrogens with one attached hydrogen (secondary N) is 2. The first-order valence-electron chi connectivity index (χ1n) is 8.91. The van der Waals surface area contributed by atoms with E-state index >= 15 is 0 Å². The molecule has 10 heteroatoms. The lowest BCUT2D eigenvalue weighted by molar-refractivity contribution is 0.0671. The zero-order chi connectivity index (χ0) is 19.4. The first kappa shape index (κ1) is 16.8. The molecule has 3 aromatic heterocycles. The van der Waals surface area contributed by atoms with Gasteiger partial charge in [-0.2, -0.15) is 5.10 Å². The van der Waals surface area contributed by atoms with Crippen LogP contribution in [0.4, 0.5) is 14.6 Å². The van der Waals surface area contributed by atoms with E-state index in [1.54, 1.807) is 6.92 Å². The molecule has 144 valence electrons. The first-order valence-corrected chi connectivity index (χ1v) is 8.91. The van der Waals surface area contributed by atoms with E-state index in [4.69, 9.17) is 4.74 Å². The second-order valence-electron chi connectivity index (χ2n) is 7.06. The lowest BCUT2D eigenvalue weighted by Crippen LogP contribution is -2.49. The smallest absolute Gasteiger partial charge is 0.256 e. The highest BCUT2D eigenvalue weighted by molar-refractivity contribution is 6.00. The summed E-state index contributed by atoms with van der Waals surface area (Å²) in [6, 6.07) is 0.709. The van der Waals surface area contributed by atoms with Crippen LogP contribution in [0.2, 0.25) is 0 Å². The fourth-order valence-corrected chi connectivity index (χ4v) is 3.49. The number of halogens is 2. The fraction of sp³-hybridized carbons (Fsp3) is 0.333. The Morgan fingerprint density at radius 3 is 2.89 bits per heavy atom. The van der Waals surface area contributed by atoms with Gasteiger partial charge in [0, 0.05) is 24.4 Å². The van der Waals surface area contributed by atoms with Crippen molar-refractivity contribution in [1.29, 1.82) is 0 Å². The number of hydrogen-bond donors (Lipinski definition) is 2. The fourth-order valence-electron chi connectivity index (χ4n) is 3.49. The Balaban J connectivity index is 1.63. The first-order chi connectivity index (χ1) is 13.5. The van der Waals surface area contributed by atoms with E-state index in [0.717, 1.165) is 12.4 Å². The predicted octanol–water partition coefficient (Wildman–Crippen LogP) is 2.23. The summed E-state index contributed by atoms with van der Waals surface area (Å²) in [7, 11) is 0. The molecule has 3 aliphatic rings. The van der Waals surface area contributed by atoms with E-state index in [0.29, 0.717) is 18.4 Å². The van der Waals surface area contributed by atoms with Crippen molar-refractivity contribution in [3.8, 4) is 5.88 Å². The molecular weight excluding hydrogens is 370 g/mol. The van der Waals surface area contributed by atoms with Crippen LogP contribution in [0, 0.1) is 11.6 Å². The molecule has 0 saturated heterocycles. The maximum absolute atomic E-state index is 14.5. The molecule has 1 fully saturated rings. The molecule has 3 aromatic rings. The third-order valence-corrected chi connectivity index (χ3v) is 5.07. The Hall–Kier alpha value is -3.30. The van der Waals surface area contributed by atoms with Crippen LogP contribution in [-0.4, -0.2) is 37.6 Å². The molecule has 1 atom stereocenters. The molecule has 5 heterocycles. The summed E-state index contributed by atoms with van der Waals surface area (Å²) in [6.07, 6.45) is 4.66. The molecule has 1 aliphatic carbocycles. The summed E-state index contributed by atoms with van der Waals surface area (Å²) in [5, 5.41) is 9.83. The molecule has 2 N–H and O–H groups in total. The number of carbonyl (C=O) groups excluding carboxylic acids is 1. The number of carbonyl (C=O) groups is 1. The molecule has 1 unspecified atom stereocenters. The van der Waals surface area contributed by atoms with E-state index in [1.165, 1.54) is 16.8 Å². The number of ether oxygens (including phenoxy) is 1. The quantitative estimate of drug-likeness (QED) is 0.616. The molecule has 1 saturated carbocycles. The normalized spacial score (nSPS) is 23.8. The zero-order valence-corrected chi connectivity index (χ0v) is 14.8. The van der Waals surface area contributed by atoms with Crippen LogP contribution in [0.15, 0.2) is 24.7 Å². The van der Waals surface area contributed by atoms with Crippen LogP contribution in [0.3, 0.4) is 0 Å². The number of aromatic nitrogens is 4. The molecule has 0 radical (unpaired) electrons. The van der Waals surface area contributed by atoms with Gasteiger partial charge in [-0.1, -0.05) is 0 Å². The van der Waals surface area contributed by atoms with Gasteiger partial charge in [-0.25, -0.2) is 23.3 Å². The molecular formula is C18H16F2N6O2. The summed E-state index contributed by atoms with van der Waals surface area (Å²) in [5.74, 6) is -1.30. The molecule has 1 amide bonds. The van der Waals surface area contributed by atoms with Crippen LogP contribution in [0.5, 0.6) is 5.88 Å². The van der Waals surface area contributed by atoms with Gasteiger partial charge in [0.15, 0.2) is 17.3 Å². The summed E-state index contributed by atoms with van der Waals surface area (Å²) < 4.78 is 35.4. The molecule has 4 bridgehead atoms. The van der Waals surface area contributed by atoms with Crippen LogP contribution in [0.25, 0.3) is 5.65 Å². The Kier molecular flexibility index (Phi) is 3.68. The van der Waals surface area contributed by atoms with Crippen molar-refractivity contribution in [1.82, 2.24) is 24.9 Å². The van der Waals surface area contributed by atoms with E-state index in [2.05, 4.69) is 25.7 Å². The average molecular weight is 386 g/mol. The Morgan fingerprint density at radius 2 is 2.07 bits per heavy atom. The minimum Gasteiger partial charge on any atom is -0.474 e. The van der Waals surface area contributed by atoms with Gasteiger partial charge in [-0.15, -0.1) is 0 Å². The predicted molar refractivity (Wildman–Crippen MR) is 94.1 cm³/mol. The summed E-state index contributed by atoms with van der Waals surface area (Å²) in [4.78, 5) is 20.9. The highest BCUT2D eigenvalue weighted by Gasteiger charge is 2.34. The van der Waals surface area contributed by atoms with Crippen molar-refractivity contribution in [2.75, 3.05) is 5.32 Å². The van der Waals surface area contributed by atoms with Crippen molar-refractivity contribution in [3.63, 3.8) is 0 Å². The minimum atomic E-state index is -0.656. The third kappa shape index (κ3) is 2.72. The van der Waals surface area contributed by atoms with Crippen LogP contribution in [0.1, 0.15) is 41.7 Å². The number of nitrogens with zero attached hydrogens (tertiary/aromatic N) is 4. The number of fused-ring (bicyclic) bond motifs is 2. The molecule has 28 heavy (non-hydrogen) atoms. The maximum atomic E-state index is 14.5. The van der Waals surface area contributed by atoms with Crippen molar-refractivity contribution in [2.24, 2.45) is 0 Å². The van der Waals surface area contributed by atoms with E-state index in [-0.39, 0.29) is 41.0 Å². The molecule has 6 rings (SSSR count). The van der Waals surface area contributed by atoms with Gasteiger partial charge in [0.05, 0.1) is 24.6 Å². The van der Waals surface area contributed by atoms with Crippen molar-refractivity contribution >= 4 is 17.4 Å². The van der Waals surface area contributed by atoms with Crippen LogP contribution >= 0.6 is 0 Å². The van der Waals surface area contributed by atoms with Crippen LogP contribution < -0.4 is 15.4 Å². The lowest BCUT2D eigenvalue weighted by Gasteiger charge is -2.36. The second kappa shape index (κ2) is 6.11. The van der Waals surface area contributed by atoms with Gasteiger partial charge >= 0.3 is 0 Å². The number of anilines is 1. The third-order valence-electron chi connectivity index (χ3n) is 5.07. The van der Waals surface area contributed by atoms with E-state index in [1.807, 2.05) is 0 Å². The van der Waals surface area contributed by atoms with Gasteiger partial charge in [-0.3, -0.25) is 4.79 Å². The van der Waals surface area contributed by atoms with Crippen molar-refractivity contribution in [3.05, 3.63) is 47.4 Å². The number of amides is 1. The second-order valence-corrected chi connectivity index (χ2v) is 7.06. The molecule has 0 aromatic carbocycles. The highest BCUT2D eigenvalue weighted by atomic mass is 19.1. The largest absolute Gasteiger partial charge is 0.474 e. The SMILES string of the molecule is CC1Nc2nc3c(cnn3cc2F)C(=O)NC2CC(C2)Oc2ncc(F)cc21. The van der Waals surface area contributed by atoms with Gasteiger partial charge < -0.3 is 15.4 Å².